The number of carbonyl (C=O) groups is 1. The van der Waals surface area contributed by atoms with Crippen LogP contribution >= 0.6 is 23.4 Å². The molecule has 0 fully saturated rings. The summed E-state index contributed by atoms with van der Waals surface area (Å²) >= 11 is 8.02. The van der Waals surface area contributed by atoms with Gasteiger partial charge in [0.1, 0.15) is 0 Å². The number of amides is 1. The fourth-order valence-electron chi connectivity index (χ4n) is 4.54. The van der Waals surface area contributed by atoms with Crippen LogP contribution < -0.4 is 5.32 Å². The molecule has 0 aliphatic carbocycles. The van der Waals surface area contributed by atoms with Crippen LogP contribution in [0.5, 0.6) is 0 Å². The van der Waals surface area contributed by atoms with Gasteiger partial charge in [0.25, 0.3) is 0 Å². The molecule has 196 valence electrons. The van der Waals surface area contributed by atoms with Crippen molar-refractivity contribution in [2.75, 3.05) is 0 Å². The normalized spacial score (nSPS) is 11.1. The number of benzene rings is 4. The van der Waals surface area contributed by atoms with Crippen LogP contribution in [-0.4, -0.2) is 20.7 Å². The molecule has 5 rings (SSSR count). The van der Waals surface area contributed by atoms with Gasteiger partial charge in [-0.05, 0) is 53.8 Å². The lowest BCUT2D eigenvalue weighted by Gasteiger charge is -2.18. The number of aryl methyl sites for hydroxylation is 2. The first-order valence-electron chi connectivity index (χ1n) is 12.8. The first-order chi connectivity index (χ1) is 19.0. The molecule has 0 spiro atoms. The lowest BCUT2D eigenvalue weighted by Crippen LogP contribution is -2.30. The summed E-state index contributed by atoms with van der Waals surface area (Å²) in [5, 5.41) is 13.5. The molecule has 0 radical (unpaired) electrons. The Morgan fingerprint density at radius 1 is 0.846 bits per heavy atom. The molecule has 0 bridgehead atoms. The van der Waals surface area contributed by atoms with Crippen LogP contribution in [0, 0.1) is 13.8 Å². The van der Waals surface area contributed by atoms with Crippen LogP contribution in [0.2, 0.25) is 5.02 Å². The van der Waals surface area contributed by atoms with Gasteiger partial charge in [0.05, 0.1) is 18.2 Å². The second kappa shape index (κ2) is 12.3. The second-order valence-electron chi connectivity index (χ2n) is 9.35. The van der Waals surface area contributed by atoms with Crippen molar-refractivity contribution < 1.29 is 4.79 Å². The number of aromatic nitrogens is 3. The number of rotatable bonds is 9. The van der Waals surface area contributed by atoms with Gasteiger partial charge in [-0.25, -0.2) is 0 Å². The molecule has 1 heterocycles. The van der Waals surface area contributed by atoms with Gasteiger partial charge in [-0.1, -0.05) is 114 Å². The van der Waals surface area contributed by atoms with Crippen LogP contribution in [0.15, 0.2) is 108 Å². The zero-order valence-corrected chi connectivity index (χ0v) is 23.4. The summed E-state index contributed by atoms with van der Waals surface area (Å²) in [5.41, 5.74) is 6.27. The minimum absolute atomic E-state index is 0.0983. The van der Waals surface area contributed by atoms with Crippen LogP contribution in [0.1, 0.15) is 39.6 Å². The van der Waals surface area contributed by atoms with Crippen molar-refractivity contribution >= 4 is 29.3 Å². The maximum Gasteiger partial charge on any atom is 0.232 e. The topological polar surface area (TPSA) is 59.8 Å². The van der Waals surface area contributed by atoms with E-state index in [0.29, 0.717) is 10.8 Å². The summed E-state index contributed by atoms with van der Waals surface area (Å²) in [5.74, 6) is 0.854. The highest BCUT2D eigenvalue weighted by Gasteiger charge is 2.24. The van der Waals surface area contributed by atoms with Gasteiger partial charge in [0.15, 0.2) is 11.0 Å². The van der Waals surface area contributed by atoms with E-state index in [1.807, 2.05) is 102 Å². The van der Waals surface area contributed by atoms with Crippen LogP contribution in [0.25, 0.3) is 5.69 Å². The third-order valence-corrected chi connectivity index (χ3v) is 7.89. The number of thioether (sulfide) groups is 1. The van der Waals surface area contributed by atoms with Crippen molar-refractivity contribution in [3.05, 3.63) is 142 Å². The van der Waals surface area contributed by atoms with E-state index in [9.17, 15) is 4.79 Å². The van der Waals surface area contributed by atoms with Crippen molar-refractivity contribution in [1.29, 1.82) is 0 Å². The molecule has 39 heavy (non-hydrogen) atoms. The number of halogens is 1. The highest BCUT2D eigenvalue weighted by molar-refractivity contribution is 7.98. The molecule has 1 N–H and O–H groups in total. The number of nitrogens with zero attached hydrogens (tertiary/aromatic N) is 3. The summed E-state index contributed by atoms with van der Waals surface area (Å²) in [4.78, 5) is 13.6. The molecule has 0 aliphatic heterocycles. The number of hydrogen-bond acceptors (Lipinski definition) is 4. The summed E-state index contributed by atoms with van der Waals surface area (Å²) in [6, 6.07) is 33.7. The van der Waals surface area contributed by atoms with Gasteiger partial charge in [-0.2, -0.15) is 0 Å². The Morgan fingerprint density at radius 2 is 1.49 bits per heavy atom. The van der Waals surface area contributed by atoms with E-state index in [2.05, 4.69) is 34.6 Å². The first-order valence-corrected chi connectivity index (χ1v) is 14.1. The summed E-state index contributed by atoms with van der Waals surface area (Å²) < 4.78 is 2.00. The first kappa shape index (κ1) is 26.7. The molecule has 0 unspecified atom stereocenters. The molecular formula is C32H29ClN4OS. The predicted molar refractivity (Wildman–Crippen MR) is 158 cm³/mol. The maximum absolute atomic E-state index is 13.6. The minimum atomic E-state index is -0.438. The molecule has 4 aromatic carbocycles. The van der Waals surface area contributed by atoms with Crippen LogP contribution in [0.4, 0.5) is 0 Å². The van der Waals surface area contributed by atoms with Crippen molar-refractivity contribution in [2.45, 2.75) is 37.2 Å². The number of nitrogens with one attached hydrogen (secondary N) is 1. The molecule has 5 aromatic rings. The lowest BCUT2D eigenvalue weighted by atomic mass is 9.90. The van der Waals surface area contributed by atoms with E-state index < -0.39 is 5.92 Å². The average molecular weight is 553 g/mol. The van der Waals surface area contributed by atoms with Gasteiger partial charge in [-0.3, -0.25) is 9.36 Å². The molecule has 0 aliphatic rings. The van der Waals surface area contributed by atoms with E-state index in [1.165, 1.54) is 11.1 Å². The molecule has 0 saturated heterocycles. The van der Waals surface area contributed by atoms with Gasteiger partial charge >= 0.3 is 0 Å². The Kier molecular flexibility index (Phi) is 8.45. The molecule has 0 saturated carbocycles. The molecular weight excluding hydrogens is 524 g/mol. The fourth-order valence-corrected chi connectivity index (χ4v) is 5.75. The highest BCUT2D eigenvalue weighted by Crippen LogP contribution is 2.30. The Bertz CT molecular complexity index is 1530. The van der Waals surface area contributed by atoms with Gasteiger partial charge < -0.3 is 5.32 Å². The monoisotopic (exact) mass is 552 g/mol. The second-order valence-corrected chi connectivity index (χ2v) is 10.7. The molecule has 5 nitrogen and oxygen atoms in total. The standard InChI is InChI=1S/C32H29ClN4OS/c1-22-11-9-10-16-26(22)21-39-32-36-35-29(37(32)28-19-27(33)18-17-23(28)2)20-34-31(38)30(24-12-5-3-6-13-24)25-14-7-4-8-15-25/h3-19,30H,20-21H2,1-2H3,(H,34,38). The predicted octanol–water partition coefficient (Wildman–Crippen LogP) is 7.28. The summed E-state index contributed by atoms with van der Waals surface area (Å²) in [7, 11) is 0. The maximum atomic E-state index is 13.6. The average Bonchev–Trinajstić information content (AvgIpc) is 3.36. The van der Waals surface area contributed by atoms with Gasteiger partial charge in [-0.15, -0.1) is 10.2 Å². The van der Waals surface area contributed by atoms with E-state index in [-0.39, 0.29) is 12.5 Å². The van der Waals surface area contributed by atoms with Gasteiger partial charge in [0, 0.05) is 10.8 Å². The SMILES string of the molecule is Cc1ccccc1CSc1nnc(CNC(=O)C(c2ccccc2)c2ccccc2)n1-c1cc(Cl)ccc1C. The number of carbonyl (C=O) groups excluding carboxylic acids is 1. The quantitative estimate of drug-likeness (QED) is 0.195. The van der Waals surface area contributed by atoms with Crippen molar-refractivity contribution in [3.63, 3.8) is 0 Å². The summed E-state index contributed by atoms with van der Waals surface area (Å²) in [6.45, 7) is 4.36. The largest absolute Gasteiger partial charge is 0.348 e. The fraction of sp³-hybridized carbons (Fsp3) is 0.156. The Balaban J connectivity index is 1.45. The molecule has 1 aromatic heterocycles. The zero-order chi connectivity index (χ0) is 27.2. The van der Waals surface area contributed by atoms with Crippen LogP contribution in [-0.2, 0) is 17.1 Å². The minimum Gasteiger partial charge on any atom is -0.348 e. The van der Waals surface area contributed by atoms with E-state index in [0.717, 1.165) is 33.3 Å². The van der Waals surface area contributed by atoms with E-state index >= 15 is 0 Å². The Hall–Kier alpha value is -3.87. The molecule has 0 atom stereocenters. The summed E-state index contributed by atoms with van der Waals surface area (Å²) in [6.07, 6.45) is 0. The molecule has 1 amide bonds. The lowest BCUT2D eigenvalue weighted by molar-refractivity contribution is -0.121. The van der Waals surface area contributed by atoms with Gasteiger partial charge in [0.2, 0.25) is 5.91 Å². The smallest absolute Gasteiger partial charge is 0.232 e. The third kappa shape index (κ3) is 6.24. The highest BCUT2D eigenvalue weighted by atomic mass is 35.5. The number of hydrogen-bond donors (Lipinski definition) is 1. The Labute approximate surface area is 238 Å². The van der Waals surface area contributed by atoms with Crippen molar-refractivity contribution in [2.24, 2.45) is 0 Å². The van der Waals surface area contributed by atoms with Crippen molar-refractivity contribution in [1.82, 2.24) is 20.1 Å². The zero-order valence-electron chi connectivity index (χ0n) is 21.8. The van der Waals surface area contributed by atoms with E-state index in [4.69, 9.17) is 11.6 Å². The van der Waals surface area contributed by atoms with Crippen LogP contribution in [0.3, 0.4) is 0 Å². The Morgan fingerprint density at radius 3 is 2.15 bits per heavy atom. The van der Waals surface area contributed by atoms with Crippen molar-refractivity contribution in [3.8, 4) is 5.69 Å². The molecule has 7 heteroatoms. The third-order valence-electron chi connectivity index (χ3n) is 6.68. The van der Waals surface area contributed by atoms with E-state index in [1.54, 1.807) is 11.8 Å².